The zero-order valence-electron chi connectivity index (χ0n) is 14.5. The van der Waals surface area contributed by atoms with Crippen LogP contribution in [0.4, 0.5) is 5.69 Å². The molecule has 0 radical (unpaired) electrons. The number of thioether (sulfide) groups is 1. The van der Waals surface area contributed by atoms with E-state index in [0.717, 1.165) is 5.56 Å². The van der Waals surface area contributed by atoms with Crippen molar-refractivity contribution in [2.24, 2.45) is 0 Å². The number of nitrogens with one attached hydrogen (secondary N) is 1. The Balaban J connectivity index is 2.04. The lowest BCUT2D eigenvalue weighted by molar-refractivity contribution is -0.117. The normalized spacial score (nSPS) is 18.2. The summed E-state index contributed by atoms with van der Waals surface area (Å²) in [4.78, 5) is 26.7. The fraction of sp³-hybridized carbons (Fsp3) is 0.150. The summed E-state index contributed by atoms with van der Waals surface area (Å²) in [6, 6.07) is 18.3. The molecule has 1 heterocycles. The number of anilines is 1. The van der Waals surface area contributed by atoms with Gasteiger partial charge in [-0.25, -0.2) is 0 Å². The van der Waals surface area contributed by atoms with Crippen LogP contribution in [0.2, 0.25) is 5.02 Å². The highest BCUT2D eigenvalue weighted by molar-refractivity contribution is 8.05. The Bertz CT molecular complexity index is 936. The number of nitriles is 1. The van der Waals surface area contributed by atoms with Gasteiger partial charge in [0.25, 0.3) is 5.91 Å². The number of amides is 2. The third kappa shape index (κ3) is 4.00. The number of carbonyl (C=O) groups excluding carboxylic acids is 2. The molecule has 3 rings (SSSR count). The van der Waals surface area contributed by atoms with E-state index >= 15 is 0 Å². The first-order valence-corrected chi connectivity index (χ1v) is 9.47. The standard InChI is InChI=1S/C20H16ClN3O2S/c1-23-18(25)16(12-22)20-24(15-9-7-14(21)8-10-15)19(26)17(27-20)11-13-5-3-2-4-6-13/h2-10,17H,11H2,1H3,(H,23,25)/b20-16-. The summed E-state index contributed by atoms with van der Waals surface area (Å²) >= 11 is 7.19. The zero-order valence-corrected chi connectivity index (χ0v) is 16.1. The van der Waals surface area contributed by atoms with Crippen molar-refractivity contribution >= 4 is 40.9 Å². The van der Waals surface area contributed by atoms with E-state index < -0.39 is 11.2 Å². The van der Waals surface area contributed by atoms with Gasteiger partial charge in [0.05, 0.1) is 5.25 Å². The lowest BCUT2D eigenvalue weighted by atomic mass is 10.1. The maximum absolute atomic E-state index is 13.1. The number of hydrogen-bond donors (Lipinski definition) is 1. The van der Waals surface area contributed by atoms with Gasteiger partial charge in [-0.2, -0.15) is 5.26 Å². The lowest BCUT2D eigenvalue weighted by Crippen LogP contribution is -2.31. The van der Waals surface area contributed by atoms with E-state index in [1.165, 1.54) is 23.7 Å². The molecule has 1 atom stereocenters. The van der Waals surface area contributed by atoms with Crippen LogP contribution in [0.1, 0.15) is 5.56 Å². The van der Waals surface area contributed by atoms with Crippen LogP contribution < -0.4 is 10.2 Å². The molecule has 0 aromatic heterocycles. The Labute approximate surface area is 166 Å². The van der Waals surface area contributed by atoms with Crippen molar-refractivity contribution in [1.29, 1.82) is 5.26 Å². The van der Waals surface area contributed by atoms with Crippen molar-refractivity contribution < 1.29 is 9.59 Å². The molecule has 1 saturated heterocycles. The molecule has 27 heavy (non-hydrogen) atoms. The van der Waals surface area contributed by atoms with E-state index in [-0.39, 0.29) is 11.5 Å². The van der Waals surface area contributed by atoms with Gasteiger partial charge in [-0.3, -0.25) is 14.5 Å². The highest BCUT2D eigenvalue weighted by Gasteiger charge is 2.40. The van der Waals surface area contributed by atoms with Gasteiger partial charge >= 0.3 is 0 Å². The van der Waals surface area contributed by atoms with Crippen molar-refractivity contribution in [2.75, 3.05) is 11.9 Å². The quantitative estimate of drug-likeness (QED) is 0.632. The van der Waals surface area contributed by atoms with Crippen LogP contribution in [0, 0.1) is 11.3 Å². The van der Waals surface area contributed by atoms with Crippen LogP contribution in [-0.2, 0) is 16.0 Å². The average molecular weight is 398 g/mol. The molecule has 2 aromatic carbocycles. The van der Waals surface area contributed by atoms with Gasteiger partial charge in [-0.15, -0.1) is 0 Å². The van der Waals surface area contributed by atoms with Crippen LogP contribution >= 0.6 is 23.4 Å². The second-order valence-electron chi connectivity index (χ2n) is 5.82. The largest absolute Gasteiger partial charge is 0.354 e. The van der Waals surface area contributed by atoms with E-state index in [4.69, 9.17) is 11.6 Å². The van der Waals surface area contributed by atoms with Crippen LogP contribution in [0.15, 0.2) is 65.2 Å². The number of hydrogen-bond acceptors (Lipinski definition) is 4. The van der Waals surface area contributed by atoms with Crippen molar-refractivity contribution in [3.05, 3.63) is 75.8 Å². The Morgan fingerprint density at radius 2 is 1.89 bits per heavy atom. The minimum absolute atomic E-state index is 0.0821. The SMILES string of the molecule is CNC(=O)/C(C#N)=C1\SC(Cc2ccccc2)C(=O)N1c1ccc(Cl)cc1. The summed E-state index contributed by atoms with van der Waals surface area (Å²) in [6.45, 7) is 0. The van der Waals surface area contributed by atoms with E-state index in [1.807, 2.05) is 36.4 Å². The fourth-order valence-corrected chi connectivity index (χ4v) is 4.20. The van der Waals surface area contributed by atoms with Crippen LogP contribution in [0.25, 0.3) is 0 Å². The van der Waals surface area contributed by atoms with Gasteiger partial charge in [0.15, 0.2) is 0 Å². The summed E-state index contributed by atoms with van der Waals surface area (Å²) in [6.07, 6.45) is 0.504. The number of rotatable bonds is 4. The first-order chi connectivity index (χ1) is 13.0. The second kappa shape index (κ2) is 8.30. The lowest BCUT2D eigenvalue weighted by Gasteiger charge is -2.18. The van der Waals surface area contributed by atoms with Crippen molar-refractivity contribution in [1.82, 2.24) is 5.32 Å². The van der Waals surface area contributed by atoms with Gasteiger partial charge in [-0.1, -0.05) is 53.7 Å². The summed E-state index contributed by atoms with van der Waals surface area (Å²) < 4.78 is 0. The van der Waals surface area contributed by atoms with Crippen molar-refractivity contribution in [3.8, 4) is 6.07 Å². The maximum atomic E-state index is 13.1. The van der Waals surface area contributed by atoms with Crippen molar-refractivity contribution in [3.63, 3.8) is 0 Å². The summed E-state index contributed by atoms with van der Waals surface area (Å²) in [5.41, 5.74) is 1.50. The molecule has 5 nitrogen and oxygen atoms in total. The Kier molecular flexibility index (Phi) is 5.84. The average Bonchev–Trinajstić information content (AvgIpc) is 3.00. The molecule has 1 aliphatic heterocycles. The predicted octanol–water partition coefficient (Wildman–Crippen LogP) is 3.51. The van der Waals surface area contributed by atoms with Gasteiger partial charge in [0, 0.05) is 17.8 Å². The highest BCUT2D eigenvalue weighted by atomic mass is 35.5. The van der Waals surface area contributed by atoms with E-state index in [9.17, 15) is 14.9 Å². The van der Waals surface area contributed by atoms with E-state index in [1.54, 1.807) is 24.3 Å². The molecule has 0 bridgehead atoms. The number of benzene rings is 2. The number of carbonyl (C=O) groups is 2. The Morgan fingerprint density at radius 3 is 2.48 bits per heavy atom. The minimum Gasteiger partial charge on any atom is -0.354 e. The molecule has 2 aromatic rings. The molecule has 1 unspecified atom stereocenters. The van der Waals surface area contributed by atoms with Gasteiger partial charge in [0.2, 0.25) is 5.91 Å². The van der Waals surface area contributed by atoms with E-state index in [0.29, 0.717) is 22.2 Å². The molecule has 0 aliphatic carbocycles. The van der Waals surface area contributed by atoms with E-state index in [2.05, 4.69) is 5.32 Å². The number of likely N-dealkylation sites (N-methyl/N-ethyl adjacent to an activating group) is 1. The monoisotopic (exact) mass is 397 g/mol. The molecule has 1 N–H and O–H groups in total. The van der Waals surface area contributed by atoms with Gasteiger partial charge in [-0.05, 0) is 36.2 Å². The number of nitrogens with zero attached hydrogens (tertiary/aromatic N) is 2. The van der Waals surface area contributed by atoms with Crippen molar-refractivity contribution in [2.45, 2.75) is 11.7 Å². The summed E-state index contributed by atoms with van der Waals surface area (Å²) in [7, 11) is 1.45. The molecule has 0 spiro atoms. The molecule has 1 aliphatic rings. The Morgan fingerprint density at radius 1 is 1.22 bits per heavy atom. The fourth-order valence-electron chi connectivity index (χ4n) is 2.77. The van der Waals surface area contributed by atoms with Crippen LogP contribution in [0.3, 0.4) is 0 Å². The molecule has 2 amide bonds. The summed E-state index contributed by atoms with van der Waals surface area (Å²) in [5, 5.41) is 12.4. The molecule has 7 heteroatoms. The first-order valence-electron chi connectivity index (χ1n) is 8.21. The van der Waals surface area contributed by atoms with Crippen LogP contribution in [0.5, 0.6) is 0 Å². The highest BCUT2D eigenvalue weighted by Crippen LogP contribution is 2.42. The number of halogens is 1. The van der Waals surface area contributed by atoms with Gasteiger partial charge < -0.3 is 5.32 Å². The third-order valence-corrected chi connectivity index (χ3v) is 5.60. The minimum atomic E-state index is -0.521. The second-order valence-corrected chi connectivity index (χ2v) is 7.45. The molecule has 136 valence electrons. The Hall–Kier alpha value is -2.75. The topological polar surface area (TPSA) is 73.2 Å². The third-order valence-electron chi connectivity index (χ3n) is 4.08. The molecular weight excluding hydrogens is 382 g/mol. The zero-order chi connectivity index (χ0) is 19.4. The molecule has 0 saturated carbocycles. The van der Waals surface area contributed by atoms with Crippen LogP contribution in [-0.4, -0.2) is 24.1 Å². The smallest absolute Gasteiger partial charge is 0.264 e. The molecular formula is C20H16ClN3O2S. The van der Waals surface area contributed by atoms with Gasteiger partial charge in [0.1, 0.15) is 16.7 Å². The predicted molar refractivity (Wildman–Crippen MR) is 107 cm³/mol. The molecule has 1 fully saturated rings. The first kappa shape index (κ1) is 19.0. The maximum Gasteiger partial charge on any atom is 0.264 e. The summed E-state index contributed by atoms with van der Waals surface area (Å²) in [5.74, 6) is -0.690.